The average molecular weight is 256 g/mol. The highest BCUT2D eigenvalue weighted by Gasteiger charge is 2.27. The maximum atomic E-state index is 12.1. The Balaban J connectivity index is 2.37. The summed E-state index contributed by atoms with van der Waals surface area (Å²) in [5.41, 5.74) is 0. The Morgan fingerprint density at radius 3 is 2.61 bits per heavy atom. The fraction of sp³-hybridized carbons (Fsp3) is 0.933. The van der Waals surface area contributed by atoms with Gasteiger partial charge in [-0.15, -0.1) is 0 Å². The first kappa shape index (κ1) is 15.5. The van der Waals surface area contributed by atoms with Crippen molar-refractivity contribution in [3.8, 4) is 0 Å². The predicted octanol–water partition coefficient (Wildman–Crippen LogP) is 3.70. The molecule has 0 heterocycles. The zero-order valence-electron chi connectivity index (χ0n) is 12.1. The van der Waals surface area contributed by atoms with E-state index in [9.17, 15) is 4.79 Å². The lowest BCUT2D eigenvalue weighted by molar-refractivity contribution is -0.158. The molecule has 1 rings (SSSR count). The number of esters is 1. The van der Waals surface area contributed by atoms with Crippen molar-refractivity contribution in [2.75, 3.05) is 7.11 Å². The molecule has 0 saturated heterocycles. The fourth-order valence-electron chi connectivity index (χ4n) is 2.62. The summed E-state index contributed by atoms with van der Waals surface area (Å²) < 4.78 is 11.0. The quantitative estimate of drug-likeness (QED) is 0.651. The van der Waals surface area contributed by atoms with Gasteiger partial charge in [0.05, 0.1) is 12.0 Å². The second-order valence-corrected chi connectivity index (χ2v) is 5.33. The molecule has 0 aromatic rings. The van der Waals surface area contributed by atoms with Crippen LogP contribution in [0.2, 0.25) is 0 Å². The molecule has 3 heteroatoms. The van der Waals surface area contributed by atoms with Gasteiger partial charge in [-0.05, 0) is 32.1 Å². The van der Waals surface area contributed by atoms with Crippen LogP contribution >= 0.6 is 0 Å². The third-order valence-corrected chi connectivity index (χ3v) is 3.93. The van der Waals surface area contributed by atoms with Gasteiger partial charge in [0.2, 0.25) is 0 Å². The summed E-state index contributed by atoms with van der Waals surface area (Å²) in [7, 11) is 1.74. The molecular weight excluding hydrogens is 228 g/mol. The topological polar surface area (TPSA) is 35.5 Å². The van der Waals surface area contributed by atoms with Crippen molar-refractivity contribution in [1.82, 2.24) is 0 Å². The lowest BCUT2D eigenvalue weighted by Crippen LogP contribution is -2.31. The molecule has 1 aliphatic carbocycles. The fourth-order valence-corrected chi connectivity index (χ4v) is 2.62. The van der Waals surface area contributed by atoms with E-state index in [0.29, 0.717) is 0 Å². The van der Waals surface area contributed by atoms with Gasteiger partial charge in [-0.2, -0.15) is 0 Å². The van der Waals surface area contributed by atoms with Crippen molar-refractivity contribution in [3.63, 3.8) is 0 Å². The number of ether oxygens (including phenoxy) is 2. The van der Waals surface area contributed by atoms with Crippen molar-refractivity contribution in [2.24, 2.45) is 5.92 Å². The van der Waals surface area contributed by atoms with E-state index in [1.54, 1.807) is 7.11 Å². The van der Waals surface area contributed by atoms with Gasteiger partial charge in [-0.25, -0.2) is 0 Å². The smallest absolute Gasteiger partial charge is 0.309 e. The maximum Gasteiger partial charge on any atom is 0.309 e. The van der Waals surface area contributed by atoms with Gasteiger partial charge in [-0.1, -0.05) is 26.7 Å². The van der Waals surface area contributed by atoms with Crippen molar-refractivity contribution in [3.05, 3.63) is 0 Å². The van der Waals surface area contributed by atoms with Crippen LogP contribution in [0.25, 0.3) is 0 Å². The molecule has 1 fully saturated rings. The lowest BCUT2D eigenvalue weighted by Gasteiger charge is -2.29. The molecule has 0 aromatic heterocycles. The monoisotopic (exact) mass is 256 g/mol. The SMILES string of the molecule is CCCCC(CC)C(=O)OC1CCCC(OC)C1. The first-order valence-electron chi connectivity index (χ1n) is 7.44. The third-order valence-electron chi connectivity index (χ3n) is 3.93. The number of carbonyl (C=O) groups excluding carboxylic acids is 1. The summed E-state index contributed by atoms with van der Waals surface area (Å²) >= 11 is 0. The highest BCUT2D eigenvalue weighted by Crippen LogP contribution is 2.25. The summed E-state index contributed by atoms with van der Waals surface area (Å²) in [4.78, 5) is 12.1. The standard InChI is InChI=1S/C15H28O3/c1-4-6-8-12(5-2)15(16)18-14-10-7-9-13(11-14)17-3/h12-14H,4-11H2,1-3H3. The van der Waals surface area contributed by atoms with Crippen LogP contribution in [0.5, 0.6) is 0 Å². The van der Waals surface area contributed by atoms with E-state index in [1.807, 2.05) is 0 Å². The molecule has 0 amide bonds. The second kappa shape index (κ2) is 8.52. The molecule has 0 bridgehead atoms. The van der Waals surface area contributed by atoms with Gasteiger partial charge in [0.15, 0.2) is 0 Å². The Kier molecular flexibility index (Phi) is 7.33. The highest BCUT2D eigenvalue weighted by atomic mass is 16.5. The van der Waals surface area contributed by atoms with Gasteiger partial charge < -0.3 is 9.47 Å². The van der Waals surface area contributed by atoms with E-state index in [2.05, 4.69) is 13.8 Å². The minimum Gasteiger partial charge on any atom is -0.462 e. The van der Waals surface area contributed by atoms with Crippen LogP contribution in [0.1, 0.15) is 65.2 Å². The van der Waals surface area contributed by atoms with E-state index in [4.69, 9.17) is 9.47 Å². The molecule has 3 nitrogen and oxygen atoms in total. The molecule has 0 aliphatic heterocycles. The molecule has 3 atom stereocenters. The Morgan fingerprint density at radius 1 is 1.28 bits per heavy atom. The van der Waals surface area contributed by atoms with Crippen LogP contribution in [-0.4, -0.2) is 25.3 Å². The molecule has 0 spiro atoms. The molecule has 1 aliphatic rings. The summed E-state index contributed by atoms with van der Waals surface area (Å²) in [5.74, 6) is 0.0978. The number of methoxy groups -OCH3 is 1. The van der Waals surface area contributed by atoms with Crippen LogP contribution in [0.4, 0.5) is 0 Å². The van der Waals surface area contributed by atoms with Crippen molar-refractivity contribution in [2.45, 2.75) is 77.4 Å². The first-order chi connectivity index (χ1) is 8.71. The predicted molar refractivity (Wildman–Crippen MR) is 72.5 cm³/mol. The van der Waals surface area contributed by atoms with Crippen LogP contribution < -0.4 is 0 Å². The molecule has 1 saturated carbocycles. The number of carbonyl (C=O) groups is 1. The Hall–Kier alpha value is -0.570. The van der Waals surface area contributed by atoms with Gasteiger partial charge in [0.25, 0.3) is 0 Å². The van der Waals surface area contributed by atoms with Crippen molar-refractivity contribution < 1.29 is 14.3 Å². The van der Waals surface area contributed by atoms with Gasteiger partial charge in [0, 0.05) is 13.5 Å². The molecular formula is C15H28O3. The Morgan fingerprint density at radius 2 is 2.00 bits per heavy atom. The number of unbranched alkanes of at least 4 members (excludes halogenated alkanes) is 1. The molecule has 0 aromatic carbocycles. The Labute approximate surface area is 111 Å². The summed E-state index contributed by atoms with van der Waals surface area (Å²) in [6, 6.07) is 0. The van der Waals surface area contributed by atoms with E-state index < -0.39 is 0 Å². The zero-order valence-corrected chi connectivity index (χ0v) is 12.1. The molecule has 106 valence electrons. The maximum absolute atomic E-state index is 12.1. The van der Waals surface area contributed by atoms with Crippen LogP contribution in [0, 0.1) is 5.92 Å². The summed E-state index contributed by atoms with van der Waals surface area (Å²) in [6.07, 6.45) is 8.50. The molecule has 0 radical (unpaired) electrons. The van der Waals surface area contributed by atoms with E-state index >= 15 is 0 Å². The van der Waals surface area contributed by atoms with Crippen LogP contribution in [0.15, 0.2) is 0 Å². The van der Waals surface area contributed by atoms with Crippen LogP contribution in [0.3, 0.4) is 0 Å². The largest absolute Gasteiger partial charge is 0.462 e. The van der Waals surface area contributed by atoms with Gasteiger partial charge in [0.1, 0.15) is 6.10 Å². The lowest BCUT2D eigenvalue weighted by atomic mass is 9.94. The minimum absolute atomic E-state index is 0.00713. The normalized spacial score (nSPS) is 25.7. The molecule has 0 N–H and O–H groups in total. The number of hydrogen-bond acceptors (Lipinski definition) is 3. The average Bonchev–Trinajstić information content (AvgIpc) is 2.40. The summed E-state index contributed by atoms with van der Waals surface area (Å²) in [6.45, 7) is 4.22. The van der Waals surface area contributed by atoms with E-state index in [0.717, 1.165) is 51.4 Å². The first-order valence-corrected chi connectivity index (χ1v) is 7.44. The minimum atomic E-state index is 0.00713. The van der Waals surface area contributed by atoms with Crippen LogP contribution in [-0.2, 0) is 14.3 Å². The van der Waals surface area contributed by atoms with E-state index in [1.165, 1.54) is 0 Å². The van der Waals surface area contributed by atoms with Gasteiger partial charge >= 0.3 is 5.97 Å². The summed E-state index contributed by atoms with van der Waals surface area (Å²) in [5, 5.41) is 0. The molecule has 3 unspecified atom stereocenters. The molecule has 18 heavy (non-hydrogen) atoms. The van der Waals surface area contributed by atoms with Crippen molar-refractivity contribution >= 4 is 5.97 Å². The third kappa shape index (κ3) is 4.97. The van der Waals surface area contributed by atoms with Gasteiger partial charge in [-0.3, -0.25) is 4.79 Å². The van der Waals surface area contributed by atoms with Crippen molar-refractivity contribution in [1.29, 1.82) is 0 Å². The second-order valence-electron chi connectivity index (χ2n) is 5.33. The van der Waals surface area contributed by atoms with E-state index in [-0.39, 0.29) is 24.1 Å². The number of rotatable bonds is 7. The zero-order chi connectivity index (χ0) is 13.4. The number of hydrogen-bond donors (Lipinski definition) is 0. The highest BCUT2D eigenvalue weighted by molar-refractivity contribution is 5.72. The Bertz CT molecular complexity index is 240.